The van der Waals surface area contributed by atoms with Crippen molar-refractivity contribution >= 4 is 22.9 Å². The fourth-order valence-corrected chi connectivity index (χ4v) is 4.17. The average Bonchev–Trinajstić information content (AvgIpc) is 3.40. The molecule has 5 nitrogen and oxygen atoms in total. The Hall–Kier alpha value is -2.86. The molecule has 1 N–H and O–H groups in total. The molecule has 1 atom stereocenters. The number of aromatic nitrogens is 1. The third-order valence-electron chi connectivity index (χ3n) is 5.11. The maximum Gasteiger partial charge on any atom is 0.251 e. The molecule has 29 heavy (non-hydrogen) atoms. The van der Waals surface area contributed by atoms with E-state index in [1.54, 1.807) is 17.4 Å². The number of hydrogen-bond donors (Lipinski definition) is 1. The fourth-order valence-electron chi connectivity index (χ4n) is 3.57. The van der Waals surface area contributed by atoms with E-state index >= 15 is 0 Å². The van der Waals surface area contributed by atoms with Crippen LogP contribution in [0.2, 0.25) is 0 Å². The Bertz CT molecular complexity index is 958. The van der Waals surface area contributed by atoms with Gasteiger partial charge in [-0.2, -0.15) is 0 Å². The van der Waals surface area contributed by atoms with E-state index in [1.165, 1.54) is 5.69 Å². The molecule has 0 spiro atoms. The zero-order valence-electron chi connectivity index (χ0n) is 16.5. The molecule has 2 aromatic carbocycles. The summed E-state index contributed by atoms with van der Waals surface area (Å²) in [5.41, 5.74) is 2.78. The van der Waals surface area contributed by atoms with E-state index in [0.717, 1.165) is 30.2 Å². The van der Waals surface area contributed by atoms with Crippen molar-refractivity contribution in [3.63, 3.8) is 0 Å². The second-order valence-electron chi connectivity index (χ2n) is 7.32. The lowest BCUT2D eigenvalue weighted by atomic mass is 10.1. The van der Waals surface area contributed by atoms with Gasteiger partial charge in [0.05, 0.1) is 10.7 Å². The minimum atomic E-state index is -0.0573. The van der Waals surface area contributed by atoms with Crippen molar-refractivity contribution < 1.29 is 9.53 Å². The molecule has 0 radical (unpaired) electrons. The van der Waals surface area contributed by atoms with E-state index in [1.807, 2.05) is 36.6 Å². The van der Waals surface area contributed by atoms with Crippen LogP contribution in [0.1, 0.15) is 27.5 Å². The van der Waals surface area contributed by atoms with Gasteiger partial charge in [-0.1, -0.05) is 24.3 Å². The molecule has 1 amide bonds. The normalized spacial score (nSPS) is 16.0. The van der Waals surface area contributed by atoms with Crippen LogP contribution >= 0.6 is 11.3 Å². The number of rotatable bonds is 7. The minimum absolute atomic E-state index is 0.0573. The van der Waals surface area contributed by atoms with Crippen molar-refractivity contribution in [3.05, 3.63) is 76.2 Å². The summed E-state index contributed by atoms with van der Waals surface area (Å²) in [6.45, 7) is 5.07. The molecule has 1 aromatic heterocycles. The number of nitrogens with one attached hydrogen (secondary N) is 1. The highest BCUT2D eigenvalue weighted by Gasteiger charge is 2.23. The molecule has 1 unspecified atom stereocenters. The largest absolute Gasteiger partial charge is 0.487 e. The Balaban J connectivity index is 1.27. The number of nitrogens with zero attached hydrogens (tertiary/aromatic N) is 2. The van der Waals surface area contributed by atoms with Crippen molar-refractivity contribution in [2.75, 3.05) is 24.5 Å². The molecular formula is C23H25N3O2S. The molecule has 6 heteroatoms. The standard InChI is InChI=1S/C23H25N3O2S/c1-17-25-20(16-29-17)15-28-22-9-5-6-19(12-22)23(27)24-13-18-10-11-26(14-18)21-7-3-2-4-8-21/h2-9,12,16,18H,10-11,13-15H2,1H3,(H,24,27). The molecule has 0 saturated carbocycles. The second-order valence-corrected chi connectivity index (χ2v) is 8.38. The monoisotopic (exact) mass is 407 g/mol. The van der Waals surface area contributed by atoms with Crippen molar-refractivity contribution in [1.29, 1.82) is 0 Å². The molecule has 1 aliphatic rings. The number of thiazole rings is 1. The lowest BCUT2D eigenvalue weighted by Gasteiger charge is -2.18. The lowest BCUT2D eigenvalue weighted by Crippen LogP contribution is -2.31. The van der Waals surface area contributed by atoms with E-state index in [2.05, 4.69) is 39.5 Å². The summed E-state index contributed by atoms with van der Waals surface area (Å²) in [7, 11) is 0. The van der Waals surface area contributed by atoms with Crippen LogP contribution in [0, 0.1) is 12.8 Å². The SMILES string of the molecule is Cc1nc(COc2cccc(C(=O)NCC3CCN(c4ccccc4)C3)c2)cs1. The summed E-state index contributed by atoms with van der Waals surface area (Å²) in [6, 6.07) is 17.8. The Morgan fingerprint density at radius 3 is 2.90 bits per heavy atom. The second kappa shape index (κ2) is 9.09. The molecule has 1 fully saturated rings. The Morgan fingerprint density at radius 2 is 2.10 bits per heavy atom. The average molecular weight is 408 g/mol. The number of ether oxygens (including phenoxy) is 1. The van der Waals surface area contributed by atoms with Gasteiger partial charge in [0.15, 0.2) is 0 Å². The first-order chi connectivity index (χ1) is 14.2. The first-order valence-corrected chi connectivity index (χ1v) is 10.8. The first kappa shape index (κ1) is 19.5. The van der Waals surface area contributed by atoms with Gasteiger partial charge < -0.3 is 15.0 Å². The number of carbonyl (C=O) groups is 1. The fraction of sp³-hybridized carbons (Fsp3) is 0.304. The van der Waals surface area contributed by atoms with Gasteiger partial charge in [-0.05, 0) is 49.6 Å². The summed E-state index contributed by atoms with van der Waals surface area (Å²) < 4.78 is 5.79. The van der Waals surface area contributed by atoms with Gasteiger partial charge in [-0.25, -0.2) is 4.98 Å². The predicted molar refractivity (Wildman–Crippen MR) is 117 cm³/mol. The van der Waals surface area contributed by atoms with Crippen LogP contribution in [0.3, 0.4) is 0 Å². The van der Waals surface area contributed by atoms with Gasteiger partial charge in [0.25, 0.3) is 5.91 Å². The zero-order valence-corrected chi connectivity index (χ0v) is 17.3. The lowest BCUT2D eigenvalue weighted by molar-refractivity contribution is 0.0947. The number of para-hydroxylation sites is 1. The topological polar surface area (TPSA) is 54.5 Å². The summed E-state index contributed by atoms with van der Waals surface area (Å²) in [5.74, 6) is 1.09. The van der Waals surface area contributed by atoms with E-state index < -0.39 is 0 Å². The van der Waals surface area contributed by atoms with Gasteiger partial charge in [0.1, 0.15) is 12.4 Å². The maximum atomic E-state index is 12.6. The smallest absolute Gasteiger partial charge is 0.251 e. The summed E-state index contributed by atoms with van der Waals surface area (Å²) >= 11 is 1.61. The summed E-state index contributed by atoms with van der Waals surface area (Å²) in [5, 5.41) is 6.10. The highest BCUT2D eigenvalue weighted by molar-refractivity contribution is 7.09. The van der Waals surface area contributed by atoms with Crippen molar-refractivity contribution in [2.45, 2.75) is 20.0 Å². The van der Waals surface area contributed by atoms with Crippen molar-refractivity contribution in [1.82, 2.24) is 10.3 Å². The van der Waals surface area contributed by atoms with Gasteiger partial charge in [0, 0.05) is 36.3 Å². The molecule has 0 aliphatic carbocycles. The molecule has 1 saturated heterocycles. The molecule has 3 aromatic rings. The quantitative estimate of drug-likeness (QED) is 0.635. The molecule has 150 valence electrons. The minimum Gasteiger partial charge on any atom is -0.487 e. The Kier molecular flexibility index (Phi) is 6.10. The van der Waals surface area contributed by atoms with Gasteiger partial charge in [-0.15, -0.1) is 11.3 Å². The van der Waals surface area contributed by atoms with Crippen LogP contribution in [0.4, 0.5) is 5.69 Å². The van der Waals surface area contributed by atoms with E-state index in [9.17, 15) is 4.79 Å². The van der Waals surface area contributed by atoms with Crippen LogP contribution in [-0.2, 0) is 6.61 Å². The van der Waals surface area contributed by atoms with E-state index in [-0.39, 0.29) is 5.91 Å². The van der Waals surface area contributed by atoms with Crippen molar-refractivity contribution in [2.24, 2.45) is 5.92 Å². The third kappa shape index (κ3) is 5.15. The van der Waals surface area contributed by atoms with Gasteiger partial charge >= 0.3 is 0 Å². The maximum absolute atomic E-state index is 12.6. The van der Waals surface area contributed by atoms with E-state index in [4.69, 9.17) is 4.74 Å². The summed E-state index contributed by atoms with van der Waals surface area (Å²) in [4.78, 5) is 19.4. The summed E-state index contributed by atoms with van der Waals surface area (Å²) in [6.07, 6.45) is 1.09. The number of anilines is 1. The number of benzene rings is 2. The molecule has 2 heterocycles. The van der Waals surface area contributed by atoms with Gasteiger partial charge in [0.2, 0.25) is 0 Å². The van der Waals surface area contributed by atoms with Crippen LogP contribution in [0.15, 0.2) is 60.0 Å². The number of amides is 1. The van der Waals surface area contributed by atoms with Crippen LogP contribution in [0.25, 0.3) is 0 Å². The van der Waals surface area contributed by atoms with Crippen LogP contribution in [0.5, 0.6) is 5.75 Å². The molecule has 1 aliphatic heterocycles. The van der Waals surface area contributed by atoms with Crippen LogP contribution < -0.4 is 15.0 Å². The molecule has 4 rings (SSSR count). The molecule has 0 bridgehead atoms. The predicted octanol–water partition coefficient (Wildman–Crippen LogP) is 4.29. The Morgan fingerprint density at radius 1 is 1.24 bits per heavy atom. The van der Waals surface area contributed by atoms with Crippen LogP contribution in [-0.4, -0.2) is 30.5 Å². The van der Waals surface area contributed by atoms with E-state index in [0.29, 0.717) is 30.4 Å². The highest BCUT2D eigenvalue weighted by Crippen LogP contribution is 2.23. The molecular weight excluding hydrogens is 382 g/mol. The highest BCUT2D eigenvalue weighted by atomic mass is 32.1. The number of aryl methyl sites for hydroxylation is 1. The number of carbonyl (C=O) groups excluding carboxylic acids is 1. The Labute approximate surface area is 175 Å². The van der Waals surface area contributed by atoms with Gasteiger partial charge in [-0.3, -0.25) is 4.79 Å². The van der Waals surface area contributed by atoms with Crippen molar-refractivity contribution in [3.8, 4) is 5.75 Å². The zero-order chi connectivity index (χ0) is 20.1. The number of hydrogen-bond acceptors (Lipinski definition) is 5. The third-order valence-corrected chi connectivity index (χ3v) is 5.93. The first-order valence-electron chi connectivity index (χ1n) is 9.89.